The van der Waals surface area contributed by atoms with Crippen LogP contribution < -0.4 is 16.0 Å². The van der Waals surface area contributed by atoms with Crippen LogP contribution in [0.4, 0.5) is 5.69 Å². The van der Waals surface area contributed by atoms with Crippen LogP contribution in [0.3, 0.4) is 0 Å². The Morgan fingerprint density at radius 2 is 2.08 bits per heavy atom. The summed E-state index contributed by atoms with van der Waals surface area (Å²) in [6.45, 7) is 2.71. The molecule has 26 heavy (non-hydrogen) atoms. The maximum absolute atomic E-state index is 12.1. The molecule has 0 bridgehead atoms. The van der Waals surface area contributed by atoms with Gasteiger partial charge < -0.3 is 21.1 Å². The minimum Gasteiger partial charge on any atom is -0.393 e. The molecule has 0 aromatic heterocycles. The Morgan fingerprint density at radius 3 is 2.73 bits per heavy atom. The average molecular weight is 470 g/mol. The first-order valence-corrected chi connectivity index (χ1v) is 8.70. The monoisotopic (exact) mass is 470 g/mol. The second kappa shape index (κ2) is 11.8. The van der Waals surface area contributed by atoms with Gasteiger partial charge in [-0.15, -0.1) is 30.4 Å². The third kappa shape index (κ3) is 7.62. The summed E-state index contributed by atoms with van der Waals surface area (Å²) in [6, 6.07) is 7.42. The van der Waals surface area contributed by atoms with Crippen LogP contribution in [0.1, 0.15) is 38.2 Å². The Bertz CT molecular complexity index is 649. The number of carbonyl (C=O) groups is 1. The number of aliphatic hydroxyl groups is 1. The summed E-state index contributed by atoms with van der Waals surface area (Å²) < 4.78 is 0. The van der Waals surface area contributed by atoms with E-state index in [1.807, 2.05) is 13.0 Å². The first-order valence-electron chi connectivity index (χ1n) is 8.70. The third-order valence-electron chi connectivity index (χ3n) is 4.08. The van der Waals surface area contributed by atoms with Crippen LogP contribution in [0.25, 0.3) is 0 Å². The molecule has 0 aliphatic heterocycles. The van der Waals surface area contributed by atoms with Crippen molar-refractivity contribution in [3.63, 3.8) is 0 Å². The van der Waals surface area contributed by atoms with Crippen molar-refractivity contribution in [2.45, 2.75) is 44.8 Å². The zero-order valence-corrected chi connectivity index (χ0v) is 17.3. The van der Waals surface area contributed by atoms with E-state index in [9.17, 15) is 9.90 Å². The van der Waals surface area contributed by atoms with Crippen LogP contribution in [0.2, 0.25) is 0 Å². The van der Waals surface area contributed by atoms with Gasteiger partial charge in [-0.25, -0.2) is 4.99 Å². The van der Waals surface area contributed by atoms with Crippen LogP contribution in [0.15, 0.2) is 29.3 Å². The van der Waals surface area contributed by atoms with Crippen molar-refractivity contribution in [2.24, 2.45) is 4.99 Å². The second-order valence-corrected chi connectivity index (χ2v) is 6.12. The summed E-state index contributed by atoms with van der Waals surface area (Å²) in [4.78, 5) is 16.4. The van der Waals surface area contributed by atoms with Gasteiger partial charge in [0, 0.05) is 23.8 Å². The lowest BCUT2D eigenvalue weighted by Gasteiger charge is -2.27. The van der Waals surface area contributed by atoms with Crippen molar-refractivity contribution < 1.29 is 9.90 Å². The van der Waals surface area contributed by atoms with Crippen molar-refractivity contribution in [1.29, 1.82) is 0 Å². The van der Waals surface area contributed by atoms with E-state index in [0.717, 1.165) is 31.2 Å². The van der Waals surface area contributed by atoms with Gasteiger partial charge in [0.25, 0.3) is 0 Å². The third-order valence-corrected chi connectivity index (χ3v) is 4.08. The SMILES string of the molecule is C#Cc1cccc(NC(=O)CN=C(NCC)NC2CCC(O)CC2)c1.I. The van der Waals surface area contributed by atoms with E-state index in [1.165, 1.54) is 0 Å². The van der Waals surface area contributed by atoms with E-state index in [1.54, 1.807) is 18.2 Å². The topological polar surface area (TPSA) is 85.8 Å². The van der Waals surface area contributed by atoms with E-state index in [0.29, 0.717) is 18.2 Å². The minimum absolute atomic E-state index is 0. The molecule has 6 nitrogen and oxygen atoms in total. The van der Waals surface area contributed by atoms with Gasteiger partial charge in [0.05, 0.1) is 6.10 Å². The molecule has 1 aromatic rings. The van der Waals surface area contributed by atoms with E-state index in [4.69, 9.17) is 6.42 Å². The van der Waals surface area contributed by atoms with E-state index < -0.39 is 0 Å². The van der Waals surface area contributed by atoms with Gasteiger partial charge in [0.2, 0.25) is 5.91 Å². The van der Waals surface area contributed by atoms with Crippen LogP contribution in [0.5, 0.6) is 0 Å². The predicted molar refractivity (Wildman–Crippen MR) is 116 cm³/mol. The van der Waals surface area contributed by atoms with Crippen LogP contribution in [0, 0.1) is 12.3 Å². The number of terminal acetylenes is 1. The highest BCUT2D eigenvalue weighted by Gasteiger charge is 2.20. The first-order chi connectivity index (χ1) is 12.1. The van der Waals surface area contributed by atoms with Gasteiger partial charge in [-0.1, -0.05) is 12.0 Å². The van der Waals surface area contributed by atoms with E-state index >= 15 is 0 Å². The van der Waals surface area contributed by atoms with Crippen LogP contribution in [-0.4, -0.2) is 42.2 Å². The van der Waals surface area contributed by atoms with Gasteiger partial charge in [-0.3, -0.25) is 4.79 Å². The maximum Gasteiger partial charge on any atom is 0.246 e. The molecule has 0 unspecified atom stereocenters. The number of anilines is 1. The summed E-state index contributed by atoms with van der Waals surface area (Å²) in [5.74, 6) is 2.96. The molecule has 1 fully saturated rings. The van der Waals surface area contributed by atoms with Gasteiger partial charge in [-0.05, 0) is 50.8 Å². The smallest absolute Gasteiger partial charge is 0.246 e. The van der Waals surface area contributed by atoms with E-state index in [2.05, 4.69) is 26.9 Å². The zero-order chi connectivity index (χ0) is 18.1. The fraction of sp³-hybridized carbons (Fsp3) is 0.474. The molecule has 142 valence electrons. The molecule has 2 rings (SSSR count). The summed E-state index contributed by atoms with van der Waals surface area (Å²) in [7, 11) is 0. The van der Waals surface area contributed by atoms with Crippen molar-refractivity contribution in [2.75, 3.05) is 18.4 Å². The maximum atomic E-state index is 12.1. The number of guanidine groups is 1. The minimum atomic E-state index is -0.203. The molecule has 0 heterocycles. The molecule has 0 atom stereocenters. The molecular formula is C19H27IN4O2. The molecular weight excluding hydrogens is 443 g/mol. The summed E-state index contributed by atoms with van der Waals surface area (Å²) in [5, 5.41) is 18.9. The number of halogens is 1. The first kappa shape index (κ1) is 22.3. The molecule has 4 N–H and O–H groups in total. The van der Waals surface area contributed by atoms with Gasteiger partial charge in [-0.2, -0.15) is 0 Å². The molecule has 0 saturated heterocycles. The Morgan fingerprint density at radius 1 is 1.35 bits per heavy atom. The molecule has 1 saturated carbocycles. The number of rotatable bonds is 5. The number of amides is 1. The van der Waals surface area contributed by atoms with Gasteiger partial charge in [0.1, 0.15) is 6.54 Å². The number of aliphatic hydroxyl groups excluding tert-OH is 1. The summed E-state index contributed by atoms with van der Waals surface area (Å²) in [6.07, 6.45) is 8.56. The predicted octanol–water partition coefficient (Wildman–Crippen LogP) is 2.08. The second-order valence-electron chi connectivity index (χ2n) is 6.12. The number of benzene rings is 1. The lowest BCUT2D eigenvalue weighted by molar-refractivity contribution is -0.114. The van der Waals surface area contributed by atoms with Gasteiger partial charge in [0.15, 0.2) is 5.96 Å². The largest absolute Gasteiger partial charge is 0.393 e. The number of nitrogens with one attached hydrogen (secondary N) is 3. The lowest BCUT2D eigenvalue weighted by Crippen LogP contribution is -2.45. The quantitative estimate of drug-likeness (QED) is 0.230. The van der Waals surface area contributed by atoms with Crippen LogP contribution >= 0.6 is 24.0 Å². The molecule has 1 aliphatic carbocycles. The van der Waals surface area contributed by atoms with Crippen molar-refractivity contribution >= 4 is 41.5 Å². The fourth-order valence-corrected chi connectivity index (χ4v) is 2.77. The number of aliphatic imine (C=N–C) groups is 1. The average Bonchev–Trinajstić information content (AvgIpc) is 2.62. The standard InChI is InChI=1S/C19H26N4O2.HI/c1-3-14-6-5-7-16(12-14)22-18(25)13-21-19(20-4-2)23-15-8-10-17(24)11-9-15;/h1,5-7,12,15,17,24H,4,8-11,13H2,2H3,(H,22,25)(H2,20,21,23);1H. The van der Waals surface area contributed by atoms with Crippen molar-refractivity contribution in [3.05, 3.63) is 29.8 Å². The Balaban J connectivity index is 0.00000338. The van der Waals surface area contributed by atoms with Crippen LogP contribution in [-0.2, 0) is 4.79 Å². The Kier molecular flexibility index (Phi) is 10.1. The zero-order valence-electron chi connectivity index (χ0n) is 15.0. The molecule has 0 spiro atoms. The summed E-state index contributed by atoms with van der Waals surface area (Å²) >= 11 is 0. The number of hydrogen-bond donors (Lipinski definition) is 4. The summed E-state index contributed by atoms with van der Waals surface area (Å²) in [5.41, 5.74) is 1.38. The van der Waals surface area contributed by atoms with Crippen molar-refractivity contribution in [3.8, 4) is 12.3 Å². The van der Waals surface area contributed by atoms with E-state index in [-0.39, 0.29) is 48.6 Å². The molecule has 7 heteroatoms. The molecule has 1 aliphatic rings. The highest BCUT2D eigenvalue weighted by atomic mass is 127. The fourth-order valence-electron chi connectivity index (χ4n) is 2.77. The highest BCUT2D eigenvalue weighted by molar-refractivity contribution is 14.0. The number of carbonyl (C=O) groups excluding carboxylic acids is 1. The normalized spacial score (nSPS) is 19.7. The lowest BCUT2D eigenvalue weighted by atomic mass is 9.93. The van der Waals surface area contributed by atoms with Gasteiger partial charge >= 0.3 is 0 Å². The molecule has 1 aromatic carbocycles. The molecule has 0 radical (unpaired) electrons. The Hall–Kier alpha value is -1.79. The van der Waals surface area contributed by atoms with Crippen molar-refractivity contribution in [1.82, 2.24) is 10.6 Å². The number of nitrogens with zero attached hydrogens (tertiary/aromatic N) is 1. The Labute approximate surface area is 172 Å². The molecule has 1 amide bonds. The highest BCUT2D eigenvalue weighted by Crippen LogP contribution is 2.18. The number of hydrogen-bond acceptors (Lipinski definition) is 3.